The van der Waals surface area contributed by atoms with Crippen LogP contribution < -0.4 is 5.32 Å². The zero-order valence-electron chi connectivity index (χ0n) is 22.0. The van der Waals surface area contributed by atoms with E-state index in [-0.39, 0.29) is 0 Å². The van der Waals surface area contributed by atoms with Crippen LogP contribution in [0.2, 0.25) is 0 Å². The van der Waals surface area contributed by atoms with Crippen LogP contribution in [0.15, 0.2) is 84.9 Å². The number of rotatable bonds is 8. The van der Waals surface area contributed by atoms with Gasteiger partial charge in [-0.05, 0) is 60.9 Å². The van der Waals surface area contributed by atoms with Crippen LogP contribution in [0.25, 0.3) is 49.5 Å². The van der Waals surface area contributed by atoms with E-state index in [2.05, 4.69) is 68.3 Å². The van der Waals surface area contributed by atoms with E-state index < -0.39 is 0 Å². The maximum absolute atomic E-state index is 4.94. The van der Waals surface area contributed by atoms with Gasteiger partial charge in [0.05, 0.1) is 29.1 Å². The predicted octanol–water partition coefficient (Wildman–Crippen LogP) is 7.78. The van der Waals surface area contributed by atoms with Crippen molar-refractivity contribution in [1.82, 2.24) is 35.5 Å². The first kappa shape index (κ1) is 25.0. The van der Waals surface area contributed by atoms with Crippen LogP contribution in [-0.4, -0.2) is 30.1 Å². The van der Waals surface area contributed by atoms with Gasteiger partial charge in [0.25, 0.3) is 0 Å². The molecule has 1 saturated carbocycles. The first-order valence-corrected chi connectivity index (χ1v) is 14.2. The van der Waals surface area contributed by atoms with Crippen molar-refractivity contribution >= 4 is 38.8 Å². The zero-order chi connectivity index (χ0) is 26.8. The first-order chi connectivity index (χ1) is 19.1. The fraction of sp³-hybridized carbons (Fsp3) is 0.226. The van der Waals surface area contributed by atoms with Crippen LogP contribution >= 0.6 is 11.3 Å². The highest BCUT2D eigenvalue weighted by molar-refractivity contribution is 7.13. The Morgan fingerprint density at radius 1 is 1.15 bits per heavy atom. The fourth-order valence-corrected chi connectivity index (χ4v) is 6.01. The van der Waals surface area contributed by atoms with Crippen molar-refractivity contribution in [2.75, 3.05) is 0 Å². The van der Waals surface area contributed by atoms with Gasteiger partial charge >= 0.3 is 0 Å². The molecule has 0 amide bonds. The second-order valence-electron chi connectivity index (χ2n) is 9.87. The second-order valence-corrected chi connectivity index (χ2v) is 10.8. The summed E-state index contributed by atoms with van der Waals surface area (Å²) in [5.74, 6) is 1.20. The molecule has 0 saturated heterocycles. The summed E-state index contributed by atoms with van der Waals surface area (Å²) in [6.45, 7) is 10.4. The summed E-state index contributed by atoms with van der Waals surface area (Å²) in [5, 5.41) is 14.2. The lowest BCUT2D eigenvalue weighted by Crippen LogP contribution is -2.20. The number of nitrogens with one attached hydrogen (secondary N) is 3. The molecule has 1 aliphatic carbocycles. The van der Waals surface area contributed by atoms with E-state index in [9.17, 15) is 0 Å². The van der Waals surface area contributed by atoms with E-state index in [1.807, 2.05) is 31.5 Å². The number of fused-ring (bicyclic) bond motifs is 2. The Kier molecular flexibility index (Phi) is 6.94. The van der Waals surface area contributed by atoms with Crippen molar-refractivity contribution in [3.8, 4) is 22.0 Å². The Labute approximate surface area is 231 Å². The van der Waals surface area contributed by atoms with Gasteiger partial charge in [0.15, 0.2) is 5.82 Å². The lowest BCUT2D eigenvalue weighted by molar-refractivity contribution is 0.393. The van der Waals surface area contributed by atoms with Gasteiger partial charge < -0.3 is 10.3 Å². The fourth-order valence-electron chi connectivity index (χ4n) is 5.27. The summed E-state index contributed by atoms with van der Waals surface area (Å²) in [5.41, 5.74) is 8.16. The molecule has 0 spiro atoms. The molecule has 0 aromatic carbocycles. The number of H-pyrrole nitrogens is 2. The molecule has 8 heteroatoms. The number of thiophene rings is 1. The van der Waals surface area contributed by atoms with E-state index in [1.54, 1.807) is 17.5 Å². The van der Waals surface area contributed by atoms with Crippen molar-refractivity contribution < 1.29 is 0 Å². The summed E-state index contributed by atoms with van der Waals surface area (Å²) in [7, 11) is 0. The maximum atomic E-state index is 4.94. The molecule has 196 valence electrons. The van der Waals surface area contributed by atoms with Crippen molar-refractivity contribution in [3.63, 3.8) is 0 Å². The van der Waals surface area contributed by atoms with Crippen LogP contribution in [0, 0.1) is 5.92 Å². The molecule has 0 bridgehead atoms. The van der Waals surface area contributed by atoms with Crippen LogP contribution in [0.1, 0.15) is 44.7 Å². The normalized spacial score (nSPS) is 15.2. The Hall–Kier alpha value is -4.30. The molecule has 1 aliphatic rings. The number of hydrogen-bond acceptors (Lipinski definition) is 6. The topological polar surface area (TPSA) is 95.2 Å². The monoisotopic (exact) mass is 533 g/mol. The minimum atomic E-state index is 0.512. The Morgan fingerprint density at radius 3 is 2.79 bits per heavy atom. The van der Waals surface area contributed by atoms with E-state index in [1.165, 1.54) is 32.1 Å². The van der Waals surface area contributed by atoms with Crippen LogP contribution in [0.5, 0.6) is 0 Å². The van der Waals surface area contributed by atoms with Crippen molar-refractivity contribution in [3.05, 3.63) is 90.6 Å². The standard InChI is InChI=1S/C31H31N7S/c1-4-20(14-22(5-2)34-19(3)21-10-7-6-8-11-21)25-15-23-26(18-33-25)37-38-30(23)31-35-27-17-32-16-24(29(27)36-31)28-12-9-13-39-28/h4-5,9,12-18,21,34H,2-3,6-8,10-11H2,1H3,(H,35,36)(H,37,38)/b20-4+,22-14+. The average Bonchev–Trinajstić information content (AvgIpc) is 3.74. The number of allylic oxidation sites excluding steroid dienone is 5. The Balaban J connectivity index is 1.33. The van der Waals surface area contributed by atoms with Crippen LogP contribution in [0.3, 0.4) is 0 Å². The first-order valence-electron chi connectivity index (χ1n) is 13.3. The molecule has 5 aromatic rings. The molecule has 39 heavy (non-hydrogen) atoms. The maximum Gasteiger partial charge on any atom is 0.159 e. The number of imidazole rings is 1. The van der Waals surface area contributed by atoms with E-state index in [0.717, 1.165) is 60.7 Å². The lowest BCUT2D eigenvalue weighted by atomic mass is 9.87. The third-order valence-electron chi connectivity index (χ3n) is 7.39. The van der Waals surface area contributed by atoms with Gasteiger partial charge in [0.1, 0.15) is 11.2 Å². The van der Waals surface area contributed by atoms with Gasteiger partial charge in [-0.25, -0.2) is 4.98 Å². The van der Waals surface area contributed by atoms with Gasteiger partial charge in [0.2, 0.25) is 0 Å². The summed E-state index contributed by atoms with van der Waals surface area (Å²) < 4.78 is 0. The number of hydrogen-bond donors (Lipinski definition) is 3. The van der Waals surface area contributed by atoms with Crippen LogP contribution in [0.4, 0.5) is 0 Å². The highest BCUT2D eigenvalue weighted by Gasteiger charge is 2.18. The highest BCUT2D eigenvalue weighted by atomic mass is 32.1. The van der Waals surface area contributed by atoms with E-state index >= 15 is 0 Å². The Morgan fingerprint density at radius 2 is 2.03 bits per heavy atom. The second kappa shape index (κ2) is 10.8. The zero-order valence-corrected chi connectivity index (χ0v) is 22.8. The largest absolute Gasteiger partial charge is 0.359 e. The van der Waals surface area contributed by atoms with Crippen molar-refractivity contribution in [1.29, 1.82) is 0 Å². The molecule has 6 rings (SSSR count). The highest BCUT2D eigenvalue weighted by Crippen LogP contribution is 2.33. The van der Waals surface area contributed by atoms with Gasteiger partial charge in [-0.2, -0.15) is 5.10 Å². The molecule has 0 atom stereocenters. The SMILES string of the molecule is C=C/C(=C\C(=C/C)c1cc2c(-c3nc4c(-c5cccs5)cncc4[nH]3)n[nH]c2cn1)NC(=C)C1CCCCC1. The quantitative estimate of drug-likeness (QED) is 0.177. The average molecular weight is 534 g/mol. The van der Waals surface area contributed by atoms with E-state index in [4.69, 9.17) is 9.97 Å². The number of aromatic nitrogens is 6. The summed E-state index contributed by atoms with van der Waals surface area (Å²) >= 11 is 1.67. The summed E-state index contributed by atoms with van der Waals surface area (Å²) in [6.07, 6.45) is 17.7. The molecule has 0 radical (unpaired) electrons. The number of pyridine rings is 2. The number of aromatic amines is 2. The minimum Gasteiger partial charge on any atom is -0.359 e. The van der Waals surface area contributed by atoms with E-state index in [0.29, 0.717) is 11.7 Å². The third-order valence-corrected chi connectivity index (χ3v) is 8.30. The molecule has 5 aromatic heterocycles. The molecule has 7 nitrogen and oxygen atoms in total. The smallest absolute Gasteiger partial charge is 0.159 e. The predicted molar refractivity (Wildman–Crippen MR) is 161 cm³/mol. The summed E-state index contributed by atoms with van der Waals surface area (Å²) in [6, 6.07) is 6.18. The van der Waals surface area contributed by atoms with Gasteiger partial charge in [-0.15, -0.1) is 11.3 Å². The molecule has 1 fully saturated rings. The van der Waals surface area contributed by atoms with Gasteiger partial charge in [0, 0.05) is 33.4 Å². The molecule has 3 N–H and O–H groups in total. The lowest BCUT2D eigenvalue weighted by Gasteiger charge is -2.25. The third kappa shape index (κ3) is 4.95. The Bertz CT molecular complexity index is 1710. The van der Waals surface area contributed by atoms with Crippen molar-refractivity contribution in [2.24, 2.45) is 5.92 Å². The molecular formula is C31H31N7S. The van der Waals surface area contributed by atoms with Crippen LogP contribution in [-0.2, 0) is 0 Å². The van der Waals surface area contributed by atoms with Gasteiger partial charge in [-0.3, -0.25) is 15.1 Å². The minimum absolute atomic E-state index is 0.512. The van der Waals surface area contributed by atoms with Crippen molar-refractivity contribution in [2.45, 2.75) is 39.0 Å². The molecule has 0 unspecified atom stereocenters. The number of nitrogens with zero attached hydrogens (tertiary/aromatic N) is 4. The summed E-state index contributed by atoms with van der Waals surface area (Å²) in [4.78, 5) is 18.6. The molecular weight excluding hydrogens is 502 g/mol. The molecule has 0 aliphatic heterocycles. The van der Waals surface area contributed by atoms with Gasteiger partial charge in [-0.1, -0.05) is 44.6 Å². The molecule has 5 heterocycles.